The zero-order valence-electron chi connectivity index (χ0n) is 10.5. The van der Waals surface area contributed by atoms with Gasteiger partial charge in [0.05, 0.1) is 0 Å². The van der Waals surface area contributed by atoms with E-state index in [0.29, 0.717) is 0 Å². The SMILES string of the molecule is C(=C\CSc1ccccc1)/CCc1ccccc1. The summed E-state index contributed by atoms with van der Waals surface area (Å²) in [5.41, 5.74) is 1.41. The van der Waals surface area contributed by atoms with Gasteiger partial charge in [-0.3, -0.25) is 0 Å². The molecule has 2 rings (SSSR count). The van der Waals surface area contributed by atoms with Crippen molar-refractivity contribution in [2.24, 2.45) is 0 Å². The fourth-order valence-electron chi connectivity index (χ4n) is 1.74. The maximum absolute atomic E-state index is 2.28. The lowest BCUT2D eigenvalue weighted by Crippen LogP contribution is -1.81. The van der Waals surface area contributed by atoms with Gasteiger partial charge in [-0.2, -0.15) is 0 Å². The molecule has 2 aromatic rings. The zero-order valence-corrected chi connectivity index (χ0v) is 11.3. The fourth-order valence-corrected chi connectivity index (χ4v) is 2.52. The monoisotopic (exact) mass is 254 g/mol. The van der Waals surface area contributed by atoms with E-state index in [0.717, 1.165) is 18.6 Å². The maximum Gasteiger partial charge on any atom is 0.0160 e. The van der Waals surface area contributed by atoms with Gasteiger partial charge in [-0.25, -0.2) is 0 Å². The Morgan fingerprint density at radius 3 is 2.17 bits per heavy atom. The number of aryl methyl sites for hydroxylation is 1. The molecule has 92 valence electrons. The Bertz CT molecular complexity index is 414. The van der Waals surface area contributed by atoms with E-state index < -0.39 is 0 Å². The van der Waals surface area contributed by atoms with E-state index in [1.165, 1.54) is 10.5 Å². The van der Waals surface area contributed by atoms with Gasteiger partial charge in [0.1, 0.15) is 0 Å². The largest absolute Gasteiger partial charge is 0.122 e. The van der Waals surface area contributed by atoms with Crippen molar-refractivity contribution in [3.63, 3.8) is 0 Å². The first-order chi connectivity index (χ1) is 8.95. The second-order valence-corrected chi connectivity index (χ2v) is 5.21. The molecule has 0 spiro atoms. The predicted octanol–water partition coefficient (Wildman–Crippen LogP) is 4.97. The van der Waals surface area contributed by atoms with Crippen LogP contribution in [0.5, 0.6) is 0 Å². The molecule has 0 nitrogen and oxygen atoms in total. The summed E-state index contributed by atoms with van der Waals surface area (Å²) in [7, 11) is 0. The molecule has 0 heterocycles. The number of thioether (sulfide) groups is 1. The Morgan fingerprint density at radius 1 is 0.778 bits per heavy atom. The summed E-state index contributed by atoms with van der Waals surface area (Å²) in [5, 5.41) is 0. The van der Waals surface area contributed by atoms with Crippen LogP contribution in [0.15, 0.2) is 77.7 Å². The minimum atomic E-state index is 1.05. The smallest absolute Gasteiger partial charge is 0.0160 e. The average Bonchev–Trinajstić information content (AvgIpc) is 2.45. The molecule has 18 heavy (non-hydrogen) atoms. The van der Waals surface area contributed by atoms with Crippen molar-refractivity contribution < 1.29 is 0 Å². The average molecular weight is 254 g/mol. The van der Waals surface area contributed by atoms with Gasteiger partial charge in [-0.05, 0) is 30.5 Å². The van der Waals surface area contributed by atoms with Gasteiger partial charge in [0.15, 0.2) is 0 Å². The van der Waals surface area contributed by atoms with Gasteiger partial charge < -0.3 is 0 Å². The first-order valence-corrected chi connectivity index (χ1v) is 7.30. The first kappa shape index (κ1) is 13.0. The fraction of sp³-hybridized carbons (Fsp3) is 0.176. The Kier molecular flexibility index (Phi) is 5.61. The Balaban J connectivity index is 1.64. The first-order valence-electron chi connectivity index (χ1n) is 6.32. The molecule has 0 aliphatic carbocycles. The van der Waals surface area contributed by atoms with Crippen LogP contribution in [0.3, 0.4) is 0 Å². The molecule has 1 heteroatoms. The number of hydrogen-bond acceptors (Lipinski definition) is 1. The highest BCUT2D eigenvalue weighted by Crippen LogP contribution is 2.16. The minimum Gasteiger partial charge on any atom is -0.122 e. The lowest BCUT2D eigenvalue weighted by molar-refractivity contribution is 1.000. The topological polar surface area (TPSA) is 0 Å². The van der Waals surface area contributed by atoms with Crippen LogP contribution in [0, 0.1) is 0 Å². The van der Waals surface area contributed by atoms with E-state index in [-0.39, 0.29) is 0 Å². The van der Waals surface area contributed by atoms with Crippen molar-refractivity contribution in [1.82, 2.24) is 0 Å². The van der Waals surface area contributed by atoms with Gasteiger partial charge in [0.2, 0.25) is 0 Å². The predicted molar refractivity (Wildman–Crippen MR) is 81.1 cm³/mol. The van der Waals surface area contributed by atoms with Crippen molar-refractivity contribution in [3.8, 4) is 0 Å². The molecule has 0 aliphatic rings. The number of hydrogen-bond donors (Lipinski definition) is 0. The summed E-state index contributed by atoms with van der Waals surface area (Å²) in [6.07, 6.45) is 6.80. The summed E-state index contributed by atoms with van der Waals surface area (Å²) in [6.45, 7) is 0. The molecular weight excluding hydrogens is 236 g/mol. The molecule has 0 bridgehead atoms. The van der Waals surface area contributed by atoms with Crippen molar-refractivity contribution in [3.05, 3.63) is 78.4 Å². The molecule has 0 fully saturated rings. The quantitative estimate of drug-likeness (QED) is 0.518. The summed E-state index contributed by atoms with van der Waals surface area (Å²) in [5.74, 6) is 1.05. The van der Waals surface area contributed by atoms with Crippen LogP contribution in [0.25, 0.3) is 0 Å². The highest BCUT2D eigenvalue weighted by Gasteiger charge is 1.90. The van der Waals surface area contributed by atoms with Gasteiger partial charge in [0, 0.05) is 10.6 Å². The van der Waals surface area contributed by atoms with Crippen LogP contribution < -0.4 is 0 Å². The van der Waals surface area contributed by atoms with E-state index in [1.54, 1.807) is 0 Å². The Labute approximate surface area is 114 Å². The molecule has 0 amide bonds. The summed E-state index contributed by atoms with van der Waals surface area (Å²) < 4.78 is 0. The van der Waals surface area contributed by atoms with Gasteiger partial charge in [0.25, 0.3) is 0 Å². The normalized spacial score (nSPS) is 10.9. The molecule has 0 aromatic heterocycles. The summed E-state index contributed by atoms with van der Waals surface area (Å²) >= 11 is 1.88. The molecule has 0 aliphatic heterocycles. The Hall–Kier alpha value is -1.47. The number of rotatable bonds is 6. The van der Waals surface area contributed by atoms with Crippen molar-refractivity contribution in [2.45, 2.75) is 17.7 Å². The summed E-state index contributed by atoms with van der Waals surface area (Å²) in [6, 6.07) is 21.2. The molecule has 0 atom stereocenters. The van der Waals surface area contributed by atoms with Crippen molar-refractivity contribution in [2.75, 3.05) is 5.75 Å². The summed E-state index contributed by atoms with van der Waals surface area (Å²) in [4.78, 5) is 1.34. The van der Waals surface area contributed by atoms with Crippen LogP contribution in [0.1, 0.15) is 12.0 Å². The van der Waals surface area contributed by atoms with Gasteiger partial charge in [-0.15, -0.1) is 11.8 Å². The maximum atomic E-state index is 2.28. The highest BCUT2D eigenvalue weighted by molar-refractivity contribution is 7.99. The van der Waals surface area contributed by atoms with E-state index in [9.17, 15) is 0 Å². The van der Waals surface area contributed by atoms with E-state index in [4.69, 9.17) is 0 Å². The van der Waals surface area contributed by atoms with Gasteiger partial charge >= 0.3 is 0 Å². The standard InChI is InChI=1S/C17H18S/c1-4-10-16(11-5-1)12-6-3-9-15-18-17-13-7-2-8-14-17/h1-5,7-11,13-14H,6,12,15H2/b9-3+. The molecule has 0 N–H and O–H groups in total. The van der Waals surface area contributed by atoms with Crippen LogP contribution in [-0.4, -0.2) is 5.75 Å². The Morgan fingerprint density at radius 2 is 1.44 bits per heavy atom. The lowest BCUT2D eigenvalue weighted by Gasteiger charge is -1.98. The van der Waals surface area contributed by atoms with Crippen LogP contribution >= 0.6 is 11.8 Å². The highest BCUT2D eigenvalue weighted by atomic mass is 32.2. The minimum absolute atomic E-state index is 1.05. The second kappa shape index (κ2) is 7.78. The van der Waals surface area contributed by atoms with E-state index >= 15 is 0 Å². The lowest BCUT2D eigenvalue weighted by atomic mass is 10.1. The third kappa shape index (κ3) is 4.80. The van der Waals surface area contributed by atoms with Crippen LogP contribution in [0.2, 0.25) is 0 Å². The molecular formula is C17H18S. The van der Waals surface area contributed by atoms with E-state index in [1.807, 2.05) is 11.8 Å². The zero-order chi connectivity index (χ0) is 12.5. The van der Waals surface area contributed by atoms with Crippen LogP contribution in [-0.2, 0) is 6.42 Å². The molecule has 2 aromatic carbocycles. The van der Waals surface area contributed by atoms with Gasteiger partial charge in [-0.1, -0.05) is 60.7 Å². The van der Waals surface area contributed by atoms with Crippen LogP contribution in [0.4, 0.5) is 0 Å². The number of allylic oxidation sites excluding steroid dienone is 1. The third-order valence-electron chi connectivity index (χ3n) is 2.70. The van der Waals surface area contributed by atoms with E-state index in [2.05, 4.69) is 72.8 Å². The number of benzene rings is 2. The molecule has 0 radical (unpaired) electrons. The molecule has 0 saturated carbocycles. The van der Waals surface area contributed by atoms with Crippen molar-refractivity contribution in [1.29, 1.82) is 0 Å². The second-order valence-electron chi connectivity index (χ2n) is 4.12. The molecule has 0 unspecified atom stereocenters. The van der Waals surface area contributed by atoms with Crippen molar-refractivity contribution >= 4 is 11.8 Å². The molecule has 0 saturated heterocycles. The third-order valence-corrected chi connectivity index (χ3v) is 3.66.